The maximum atomic E-state index is 12.9. The van der Waals surface area contributed by atoms with Gasteiger partial charge in [-0.25, -0.2) is 4.98 Å². The average Bonchev–Trinajstić information content (AvgIpc) is 3.12. The van der Waals surface area contributed by atoms with Gasteiger partial charge in [0, 0.05) is 19.1 Å². The molecular weight excluding hydrogens is 350 g/mol. The normalized spacial score (nSPS) is 19.8. The van der Waals surface area contributed by atoms with Crippen LogP contribution in [0.15, 0.2) is 12.1 Å². The Morgan fingerprint density at radius 2 is 2.26 bits per heavy atom. The van der Waals surface area contributed by atoms with Gasteiger partial charge in [-0.2, -0.15) is 0 Å². The van der Waals surface area contributed by atoms with Crippen molar-refractivity contribution >= 4 is 40.2 Å². The zero-order chi connectivity index (χ0) is 16.6. The molecule has 1 amide bonds. The number of amides is 1. The first-order chi connectivity index (χ1) is 11.0. The van der Waals surface area contributed by atoms with E-state index in [1.165, 1.54) is 22.7 Å². The molecule has 2 atom stereocenters. The lowest BCUT2D eigenvalue weighted by molar-refractivity contribution is 0.0665. The van der Waals surface area contributed by atoms with Crippen molar-refractivity contribution < 1.29 is 4.79 Å². The van der Waals surface area contributed by atoms with Gasteiger partial charge >= 0.3 is 0 Å². The lowest BCUT2D eigenvalue weighted by atomic mass is 9.92. The molecular formula is C16H20ClN3OS2. The Bertz CT molecular complexity index is 710. The topological polar surface area (TPSA) is 59.2 Å². The molecule has 124 valence electrons. The summed E-state index contributed by atoms with van der Waals surface area (Å²) in [6, 6.07) is 3.93. The molecule has 2 aromatic rings. The molecule has 3 rings (SSSR count). The first-order valence-electron chi connectivity index (χ1n) is 7.73. The van der Waals surface area contributed by atoms with E-state index in [9.17, 15) is 4.79 Å². The highest BCUT2D eigenvalue weighted by Crippen LogP contribution is 2.35. The van der Waals surface area contributed by atoms with Crippen molar-refractivity contribution in [3.63, 3.8) is 0 Å². The largest absolute Gasteiger partial charge is 0.338 e. The Labute approximate surface area is 149 Å². The van der Waals surface area contributed by atoms with Crippen LogP contribution in [-0.2, 0) is 0 Å². The summed E-state index contributed by atoms with van der Waals surface area (Å²) in [4.78, 5) is 21.1. The van der Waals surface area contributed by atoms with Crippen molar-refractivity contribution in [3.05, 3.63) is 27.0 Å². The van der Waals surface area contributed by atoms with E-state index < -0.39 is 0 Å². The van der Waals surface area contributed by atoms with Gasteiger partial charge in [0.2, 0.25) is 0 Å². The van der Waals surface area contributed by atoms with Crippen LogP contribution in [0.4, 0.5) is 0 Å². The maximum absolute atomic E-state index is 12.9. The minimum Gasteiger partial charge on any atom is -0.338 e. The molecule has 0 aromatic carbocycles. The molecule has 2 unspecified atom stereocenters. The fourth-order valence-electron chi connectivity index (χ4n) is 2.90. The summed E-state index contributed by atoms with van der Waals surface area (Å²) >= 11 is 8.94. The molecule has 0 radical (unpaired) electrons. The van der Waals surface area contributed by atoms with Gasteiger partial charge < -0.3 is 10.6 Å². The van der Waals surface area contributed by atoms with E-state index in [1.54, 1.807) is 0 Å². The van der Waals surface area contributed by atoms with Gasteiger partial charge in [0.15, 0.2) is 0 Å². The third-order valence-corrected chi connectivity index (χ3v) is 6.81. The van der Waals surface area contributed by atoms with Crippen LogP contribution in [0.3, 0.4) is 0 Å². The van der Waals surface area contributed by atoms with E-state index in [0.717, 1.165) is 50.7 Å². The van der Waals surface area contributed by atoms with Gasteiger partial charge in [0.1, 0.15) is 9.88 Å². The van der Waals surface area contributed by atoms with Crippen molar-refractivity contribution in [1.82, 2.24) is 9.88 Å². The summed E-state index contributed by atoms with van der Waals surface area (Å²) in [5.41, 5.74) is 6.82. The molecule has 2 N–H and O–H groups in total. The molecule has 1 aliphatic rings. The number of thiazole rings is 1. The first kappa shape index (κ1) is 16.9. The van der Waals surface area contributed by atoms with Crippen LogP contribution >= 0.6 is 34.3 Å². The van der Waals surface area contributed by atoms with Crippen LogP contribution in [0, 0.1) is 12.8 Å². The number of hydrogen-bond acceptors (Lipinski definition) is 5. The molecule has 1 fully saturated rings. The van der Waals surface area contributed by atoms with E-state index in [1.807, 2.05) is 30.9 Å². The van der Waals surface area contributed by atoms with Gasteiger partial charge in [-0.15, -0.1) is 22.7 Å². The number of thiophene rings is 1. The zero-order valence-corrected chi connectivity index (χ0v) is 15.6. The molecule has 1 aliphatic heterocycles. The molecule has 0 bridgehead atoms. The van der Waals surface area contributed by atoms with Gasteiger partial charge in [-0.1, -0.05) is 11.6 Å². The average molecular weight is 370 g/mol. The van der Waals surface area contributed by atoms with E-state index in [4.69, 9.17) is 17.3 Å². The lowest BCUT2D eigenvalue weighted by Gasteiger charge is -2.34. The molecule has 0 spiro atoms. The van der Waals surface area contributed by atoms with Crippen molar-refractivity contribution in [2.45, 2.75) is 32.7 Å². The summed E-state index contributed by atoms with van der Waals surface area (Å²) in [5, 5.41) is 0.864. The van der Waals surface area contributed by atoms with E-state index in [2.05, 4.69) is 4.98 Å². The number of hydrogen-bond donors (Lipinski definition) is 1. The number of rotatable bonds is 3. The number of piperidine rings is 1. The van der Waals surface area contributed by atoms with Crippen LogP contribution in [0.25, 0.3) is 9.88 Å². The second-order valence-corrected chi connectivity index (χ2v) is 8.76. The highest BCUT2D eigenvalue weighted by Gasteiger charge is 2.28. The molecule has 23 heavy (non-hydrogen) atoms. The molecule has 3 heterocycles. The number of likely N-dealkylation sites (tertiary alicyclic amines) is 1. The van der Waals surface area contributed by atoms with Gasteiger partial charge in [0.25, 0.3) is 5.91 Å². The lowest BCUT2D eigenvalue weighted by Crippen LogP contribution is -2.45. The van der Waals surface area contributed by atoms with Gasteiger partial charge in [-0.05, 0) is 44.7 Å². The number of nitrogens with zero attached hydrogens (tertiary/aromatic N) is 2. The summed E-state index contributed by atoms with van der Waals surface area (Å²) < 4.78 is 0.733. The Hall–Kier alpha value is -0.950. The fraction of sp³-hybridized carbons (Fsp3) is 0.500. The smallest absolute Gasteiger partial charge is 0.265 e. The number of nitrogens with two attached hydrogens (primary N) is 1. The van der Waals surface area contributed by atoms with Crippen molar-refractivity contribution in [2.24, 2.45) is 11.7 Å². The van der Waals surface area contributed by atoms with Crippen LogP contribution in [-0.4, -0.2) is 34.9 Å². The minimum absolute atomic E-state index is 0.0826. The standard InChI is InChI=1S/C16H20ClN3OS2/c1-9(18)11-4-3-7-20(8-11)16(21)14-10(2)19-15(23-14)12-5-6-13(17)22-12/h5-6,9,11H,3-4,7-8,18H2,1-2H3. The van der Waals surface area contributed by atoms with Gasteiger partial charge in [0.05, 0.1) is 14.9 Å². The molecule has 2 aromatic heterocycles. The summed E-state index contributed by atoms with van der Waals surface area (Å²) in [7, 11) is 0. The van der Waals surface area contributed by atoms with Crippen LogP contribution in [0.1, 0.15) is 35.1 Å². The molecule has 1 saturated heterocycles. The number of aromatic nitrogens is 1. The van der Waals surface area contributed by atoms with Crippen molar-refractivity contribution in [2.75, 3.05) is 13.1 Å². The van der Waals surface area contributed by atoms with E-state index in [-0.39, 0.29) is 11.9 Å². The third-order valence-electron chi connectivity index (χ3n) is 4.26. The van der Waals surface area contributed by atoms with Crippen molar-refractivity contribution in [1.29, 1.82) is 0 Å². The van der Waals surface area contributed by atoms with Crippen molar-refractivity contribution in [3.8, 4) is 9.88 Å². The number of aryl methyl sites for hydroxylation is 1. The number of carbonyl (C=O) groups excluding carboxylic acids is 1. The highest BCUT2D eigenvalue weighted by molar-refractivity contribution is 7.24. The Morgan fingerprint density at radius 3 is 2.91 bits per heavy atom. The predicted molar refractivity (Wildman–Crippen MR) is 97.5 cm³/mol. The van der Waals surface area contributed by atoms with Crippen LogP contribution in [0.5, 0.6) is 0 Å². The highest BCUT2D eigenvalue weighted by atomic mass is 35.5. The third kappa shape index (κ3) is 3.60. The minimum atomic E-state index is 0.0826. The van der Waals surface area contributed by atoms with Crippen LogP contribution in [0.2, 0.25) is 4.34 Å². The number of halogens is 1. The second kappa shape index (κ2) is 6.89. The van der Waals surface area contributed by atoms with Crippen LogP contribution < -0.4 is 5.73 Å². The molecule has 7 heteroatoms. The zero-order valence-electron chi connectivity index (χ0n) is 13.2. The van der Waals surface area contributed by atoms with Gasteiger partial charge in [-0.3, -0.25) is 4.79 Å². The van der Waals surface area contributed by atoms with E-state index in [0.29, 0.717) is 5.92 Å². The second-order valence-electron chi connectivity index (χ2n) is 6.05. The predicted octanol–water partition coefficient (Wildman–Crippen LogP) is 4.03. The molecule has 0 saturated carbocycles. The number of carbonyl (C=O) groups is 1. The molecule has 0 aliphatic carbocycles. The Balaban J connectivity index is 1.81. The Morgan fingerprint density at radius 1 is 1.48 bits per heavy atom. The summed E-state index contributed by atoms with van der Waals surface area (Å²) in [6.07, 6.45) is 2.12. The monoisotopic (exact) mass is 369 g/mol. The molecule has 4 nitrogen and oxygen atoms in total. The van der Waals surface area contributed by atoms with E-state index >= 15 is 0 Å². The SMILES string of the molecule is Cc1nc(-c2ccc(Cl)s2)sc1C(=O)N1CCCC(C(C)N)C1. The Kier molecular flexibility index (Phi) is 5.06. The first-order valence-corrected chi connectivity index (χ1v) is 9.75. The summed E-state index contributed by atoms with van der Waals surface area (Å²) in [5.74, 6) is 0.468. The maximum Gasteiger partial charge on any atom is 0.265 e. The summed E-state index contributed by atoms with van der Waals surface area (Å²) in [6.45, 7) is 5.47. The fourth-order valence-corrected chi connectivity index (χ4v) is 5.03. The quantitative estimate of drug-likeness (QED) is 0.888.